The third kappa shape index (κ3) is 4.82. The van der Waals surface area contributed by atoms with E-state index in [9.17, 15) is 20.4 Å². The first kappa shape index (κ1) is 27.0. The molecule has 0 amide bonds. The lowest BCUT2D eigenvalue weighted by Gasteiger charge is -2.38. The summed E-state index contributed by atoms with van der Waals surface area (Å²) in [5.41, 5.74) is 7.21. The molecule has 0 radical (unpaired) electrons. The standard InChI is InChI=1S/2C17H22O2/c2*1-11-9-12(3-5-15(11)18)13-7-8-17(2)14(10-13)4-6-16(17)19/h3,5,9-10,14,16,18-19H,4,6-8H2,1-2H3;3,5,7,9,14,16,18-19H,4,6,8,10H2,1-2H3/t2*14?,16-,17-/m00/s1. The van der Waals surface area contributed by atoms with Crippen LogP contribution in [0.3, 0.4) is 0 Å². The first-order valence-electron chi connectivity index (χ1n) is 14.4. The Morgan fingerprint density at radius 3 is 1.95 bits per heavy atom. The van der Waals surface area contributed by atoms with Crippen LogP contribution >= 0.6 is 0 Å². The lowest BCUT2D eigenvalue weighted by Crippen LogP contribution is -2.34. The monoisotopic (exact) mass is 516 g/mol. The molecule has 38 heavy (non-hydrogen) atoms. The highest BCUT2D eigenvalue weighted by molar-refractivity contribution is 5.69. The van der Waals surface area contributed by atoms with Gasteiger partial charge in [0.1, 0.15) is 11.5 Å². The number of fused-ring (bicyclic) bond motifs is 2. The lowest BCUT2D eigenvalue weighted by molar-refractivity contribution is 0.0400. The second-order valence-corrected chi connectivity index (χ2v) is 12.8. The minimum Gasteiger partial charge on any atom is -0.508 e. The van der Waals surface area contributed by atoms with Crippen LogP contribution in [-0.4, -0.2) is 32.6 Å². The topological polar surface area (TPSA) is 80.9 Å². The third-order valence-corrected chi connectivity index (χ3v) is 10.6. The van der Waals surface area contributed by atoms with Crippen molar-refractivity contribution in [1.82, 2.24) is 0 Å². The van der Waals surface area contributed by atoms with E-state index < -0.39 is 0 Å². The zero-order valence-corrected chi connectivity index (χ0v) is 23.4. The molecule has 4 aliphatic carbocycles. The quantitative estimate of drug-likeness (QED) is 0.337. The van der Waals surface area contributed by atoms with Gasteiger partial charge in [-0.15, -0.1) is 0 Å². The first-order chi connectivity index (χ1) is 18.0. The van der Waals surface area contributed by atoms with E-state index in [0.29, 0.717) is 23.3 Å². The zero-order chi connectivity index (χ0) is 27.2. The van der Waals surface area contributed by atoms with Gasteiger partial charge in [-0.3, -0.25) is 0 Å². The fraction of sp³-hybridized carbons (Fsp3) is 0.529. The number of allylic oxidation sites excluding steroid dienone is 4. The molecule has 204 valence electrons. The minimum atomic E-state index is -0.142. The number of aliphatic hydroxyl groups excluding tert-OH is 2. The van der Waals surface area contributed by atoms with Crippen LogP contribution in [0.5, 0.6) is 11.5 Å². The van der Waals surface area contributed by atoms with Crippen LogP contribution in [-0.2, 0) is 0 Å². The van der Waals surface area contributed by atoms with Crippen LogP contribution < -0.4 is 0 Å². The largest absolute Gasteiger partial charge is 0.508 e. The van der Waals surface area contributed by atoms with E-state index in [4.69, 9.17) is 0 Å². The van der Waals surface area contributed by atoms with Crippen molar-refractivity contribution in [2.24, 2.45) is 22.7 Å². The Balaban J connectivity index is 0.000000155. The van der Waals surface area contributed by atoms with E-state index in [0.717, 1.165) is 62.5 Å². The van der Waals surface area contributed by atoms with E-state index >= 15 is 0 Å². The van der Waals surface area contributed by atoms with E-state index in [1.807, 2.05) is 26.0 Å². The predicted molar refractivity (Wildman–Crippen MR) is 154 cm³/mol. The van der Waals surface area contributed by atoms with E-state index in [2.05, 4.69) is 38.1 Å². The second-order valence-electron chi connectivity index (χ2n) is 12.8. The van der Waals surface area contributed by atoms with Crippen molar-refractivity contribution in [2.45, 2.75) is 91.3 Å². The van der Waals surface area contributed by atoms with Crippen LogP contribution in [0.4, 0.5) is 0 Å². The zero-order valence-electron chi connectivity index (χ0n) is 23.4. The molecule has 0 spiro atoms. The molecule has 0 aromatic heterocycles. The van der Waals surface area contributed by atoms with Gasteiger partial charge in [0, 0.05) is 10.8 Å². The Hall–Kier alpha value is -2.56. The number of aliphatic hydroxyl groups is 2. The van der Waals surface area contributed by atoms with Gasteiger partial charge in [0.25, 0.3) is 0 Å². The SMILES string of the molecule is Cc1cc(C2=CC3CC[C@H](O)[C@@]3(C)CC2)ccc1O.Cc1cc(C2=CC[C@@]3(C)C(CC[C@@H]3O)C2)ccc1O. The molecule has 2 aromatic carbocycles. The molecule has 2 fully saturated rings. The molecular weight excluding hydrogens is 472 g/mol. The highest BCUT2D eigenvalue weighted by Gasteiger charge is 2.47. The molecule has 6 atom stereocenters. The summed E-state index contributed by atoms with van der Waals surface area (Å²) >= 11 is 0. The van der Waals surface area contributed by atoms with Crippen LogP contribution in [0, 0.1) is 36.5 Å². The summed E-state index contributed by atoms with van der Waals surface area (Å²) in [4.78, 5) is 0. The van der Waals surface area contributed by atoms with Crippen molar-refractivity contribution in [3.05, 3.63) is 70.8 Å². The third-order valence-electron chi connectivity index (χ3n) is 10.6. The second kappa shape index (κ2) is 10.2. The molecule has 4 aliphatic rings. The summed E-state index contributed by atoms with van der Waals surface area (Å²) in [5, 5.41) is 39.5. The normalized spacial score (nSPS) is 33.9. The van der Waals surface area contributed by atoms with Crippen molar-refractivity contribution < 1.29 is 20.4 Å². The maximum Gasteiger partial charge on any atom is 0.118 e. The highest BCUT2D eigenvalue weighted by Crippen LogP contribution is 2.54. The Labute approximate surface area is 227 Å². The molecule has 2 unspecified atom stereocenters. The van der Waals surface area contributed by atoms with Crippen molar-refractivity contribution in [2.75, 3.05) is 0 Å². The number of aromatic hydroxyl groups is 2. The molecule has 4 heteroatoms. The van der Waals surface area contributed by atoms with E-state index in [1.54, 1.807) is 12.1 Å². The molecular formula is C34H44O4. The summed E-state index contributed by atoms with van der Waals surface area (Å²) in [6.07, 6.45) is 12.6. The van der Waals surface area contributed by atoms with Crippen LogP contribution in [0.2, 0.25) is 0 Å². The Kier molecular flexibility index (Phi) is 7.26. The Bertz CT molecular complexity index is 1260. The molecule has 4 nitrogen and oxygen atoms in total. The van der Waals surface area contributed by atoms with Crippen molar-refractivity contribution >= 4 is 11.1 Å². The van der Waals surface area contributed by atoms with Gasteiger partial charge in [0.15, 0.2) is 0 Å². The van der Waals surface area contributed by atoms with E-state index in [1.165, 1.54) is 22.3 Å². The van der Waals surface area contributed by atoms with Gasteiger partial charge < -0.3 is 20.4 Å². The van der Waals surface area contributed by atoms with Crippen molar-refractivity contribution in [1.29, 1.82) is 0 Å². The number of hydrogen-bond donors (Lipinski definition) is 4. The molecule has 6 rings (SSSR count). The number of hydrogen-bond acceptors (Lipinski definition) is 4. The van der Waals surface area contributed by atoms with Gasteiger partial charge in [0.2, 0.25) is 0 Å². The number of benzene rings is 2. The van der Waals surface area contributed by atoms with Gasteiger partial charge in [-0.2, -0.15) is 0 Å². The van der Waals surface area contributed by atoms with Crippen LogP contribution in [0.25, 0.3) is 11.1 Å². The molecule has 0 aliphatic heterocycles. The Morgan fingerprint density at radius 1 is 0.737 bits per heavy atom. The first-order valence-corrected chi connectivity index (χ1v) is 14.4. The van der Waals surface area contributed by atoms with Gasteiger partial charge in [-0.25, -0.2) is 0 Å². The maximum absolute atomic E-state index is 10.2. The van der Waals surface area contributed by atoms with E-state index in [-0.39, 0.29) is 23.0 Å². The number of phenols is 2. The van der Waals surface area contributed by atoms with Crippen molar-refractivity contribution in [3.63, 3.8) is 0 Å². The summed E-state index contributed by atoms with van der Waals surface area (Å²) in [7, 11) is 0. The molecule has 0 heterocycles. The molecule has 2 aromatic rings. The van der Waals surface area contributed by atoms with Crippen LogP contribution in [0.1, 0.15) is 87.5 Å². The van der Waals surface area contributed by atoms with Gasteiger partial charge in [-0.1, -0.05) is 38.1 Å². The predicted octanol–water partition coefficient (Wildman–Crippen LogP) is 7.31. The summed E-state index contributed by atoms with van der Waals surface area (Å²) in [5.74, 6) is 1.82. The van der Waals surface area contributed by atoms with Gasteiger partial charge >= 0.3 is 0 Å². The van der Waals surface area contributed by atoms with Crippen LogP contribution in [0.15, 0.2) is 48.6 Å². The Morgan fingerprint density at radius 2 is 1.32 bits per heavy atom. The number of aryl methyl sites for hydroxylation is 2. The molecule has 2 saturated carbocycles. The minimum absolute atomic E-state index is 0.0788. The smallest absolute Gasteiger partial charge is 0.118 e. The summed E-state index contributed by atoms with van der Waals surface area (Å²) < 4.78 is 0. The fourth-order valence-electron chi connectivity index (χ4n) is 7.41. The number of rotatable bonds is 2. The highest BCUT2D eigenvalue weighted by atomic mass is 16.3. The van der Waals surface area contributed by atoms with Crippen molar-refractivity contribution in [3.8, 4) is 11.5 Å². The summed E-state index contributed by atoms with van der Waals surface area (Å²) in [6.45, 7) is 8.33. The van der Waals surface area contributed by atoms with Gasteiger partial charge in [0.05, 0.1) is 12.2 Å². The molecule has 0 bridgehead atoms. The maximum atomic E-state index is 10.2. The average molecular weight is 517 g/mol. The fourth-order valence-corrected chi connectivity index (χ4v) is 7.41. The molecule has 4 N–H and O–H groups in total. The lowest BCUT2D eigenvalue weighted by atomic mass is 9.68. The average Bonchev–Trinajstić information content (AvgIpc) is 3.37. The summed E-state index contributed by atoms with van der Waals surface area (Å²) in [6, 6.07) is 11.7. The van der Waals surface area contributed by atoms with Gasteiger partial charge in [-0.05, 0) is 135 Å². The molecule has 0 saturated heterocycles. The number of phenolic OH excluding ortho intramolecular Hbond substituents is 2.